The summed E-state index contributed by atoms with van der Waals surface area (Å²) in [6.45, 7) is 7.64. The molecule has 2 aliphatic heterocycles. The average molecular weight is 288 g/mol. The van der Waals surface area contributed by atoms with Crippen LogP contribution in [0.1, 0.15) is 44.7 Å². The van der Waals surface area contributed by atoms with Crippen molar-refractivity contribution in [2.24, 2.45) is 0 Å². The van der Waals surface area contributed by atoms with Gasteiger partial charge in [0.05, 0.1) is 0 Å². The summed E-state index contributed by atoms with van der Waals surface area (Å²) < 4.78 is 0. The first kappa shape index (κ1) is 14.8. The van der Waals surface area contributed by atoms with Crippen molar-refractivity contribution >= 4 is 5.82 Å². The third-order valence-electron chi connectivity index (χ3n) is 5.24. The summed E-state index contributed by atoms with van der Waals surface area (Å²) in [7, 11) is 2.30. The number of nitrogens with one attached hydrogen (secondary N) is 1. The fourth-order valence-corrected chi connectivity index (χ4v) is 3.93. The van der Waals surface area contributed by atoms with E-state index >= 15 is 0 Å². The van der Waals surface area contributed by atoms with Crippen molar-refractivity contribution in [1.82, 2.24) is 15.2 Å². The minimum Gasteiger partial charge on any atom is -0.355 e. The number of aromatic nitrogens is 1. The highest BCUT2D eigenvalue weighted by molar-refractivity contribution is 5.49. The fraction of sp³-hybridized carbons (Fsp3) is 0.706. The van der Waals surface area contributed by atoms with Crippen LogP contribution in [0, 0.1) is 0 Å². The molecule has 116 valence electrons. The largest absolute Gasteiger partial charge is 0.355 e. The molecule has 2 fully saturated rings. The van der Waals surface area contributed by atoms with Crippen LogP contribution in [0.15, 0.2) is 18.3 Å². The molecule has 3 heterocycles. The Morgan fingerprint density at radius 2 is 2.14 bits per heavy atom. The molecule has 1 N–H and O–H groups in total. The van der Waals surface area contributed by atoms with E-state index in [0.717, 1.165) is 25.7 Å². The molecule has 0 saturated carbocycles. The molecule has 1 aromatic heterocycles. The van der Waals surface area contributed by atoms with Crippen molar-refractivity contribution in [3.8, 4) is 0 Å². The SMILES string of the molecule is CCNC(C)c1cccnc1N1CCC2CCC(C1)N2C. The number of fused-ring (bicyclic) bond motifs is 2. The predicted molar refractivity (Wildman–Crippen MR) is 87.7 cm³/mol. The molecule has 1 aromatic rings. The number of pyridine rings is 1. The van der Waals surface area contributed by atoms with E-state index in [2.05, 4.69) is 48.1 Å². The fourth-order valence-electron chi connectivity index (χ4n) is 3.93. The number of hydrogen-bond donors (Lipinski definition) is 1. The summed E-state index contributed by atoms with van der Waals surface area (Å²) in [5.41, 5.74) is 1.33. The summed E-state index contributed by atoms with van der Waals surface area (Å²) in [5.74, 6) is 1.19. The lowest BCUT2D eigenvalue weighted by Gasteiger charge is -2.29. The molecular formula is C17H28N4. The molecule has 0 aliphatic carbocycles. The van der Waals surface area contributed by atoms with E-state index in [9.17, 15) is 0 Å². The van der Waals surface area contributed by atoms with Gasteiger partial charge in [0.25, 0.3) is 0 Å². The highest BCUT2D eigenvalue weighted by atomic mass is 15.3. The van der Waals surface area contributed by atoms with E-state index in [1.54, 1.807) is 0 Å². The Kier molecular flexibility index (Phi) is 4.45. The van der Waals surface area contributed by atoms with Crippen molar-refractivity contribution in [3.05, 3.63) is 23.9 Å². The van der Waals surface area contributed by atoms with E-state index in [-0.39, 0.29) is 0 Å². The van der Waals surface area contributed by atoms with Crippen molar-refractivity contribution < 1.29 is 0 Å². The minimum atomic E-state index is 0.358. The van der Waals surface area contributed by atoms with Crippen LogP contribution >= 0.6 is 0 Å². The van der Waals surface area contributed by atoms with Crippen molar-refractivity contribution in [2.45, 2.75) is 51.2 Å². The maximum atomic E-state index is 4.72. The zero-order valence-corrected chi connectivity index (χ0v) is 13.5. The van der Waals surface area contributed by atoms with E-state index in [1.807, 2.05) is 6.20 Å². The Balaban J connectivity index is 1.83. The van der Waals surface area contributed by atoms with Gasteiger partial charge in [0.1, 0.15) is 5.82 Å². The second kappa shape index (κ2) is 6.32. The lowest BCUT2D eigenvalue weighted by atomic mass is 10.1. The van der Waals surface area contributed by atoms with E-state index in [1.165, 1.54) is 30.6 Å². The highest BCUT2D eigenvalue weighted by Crippen LogP contribution is 2.32. The zero-order valence-electron chi connectivity index (χ0n) is 13.5. The third kappa shape index (κ3) is 2.92. The Morgan fingerprint density at radius 1 is 1.33 bits per heavy atom. The molecule has 0 amide bonds. The third-order valence-corrected chi connectivity index (χ3v) is 5.24. The maximum absolute atomic E-state index is 4.72. The minimum absolute atomic E-state index is 0.358. The number of anilines is 1. The van der Waals surface area contributed by atoms with Crippen LogP contribution in [0.25, 0.3) is 0 Å². The van der Waals surface area contributed by atoms with Crippen LogP contribution in [0.2, 0.25) is 0 Å². The Hall–Kier alpha value is -1.13. The second-order valence-corrected chi connectivity index (χ2v) is 6.48. The Morgan fingerprint density at radius 3 is 2.95 bits per heavy atom. The molecule has 3 atom stereocenters. The molecule has 4 nitrogen and oxygen atoms in total. The van der Waals surface area contributed by atoms with Crippen LogP contribution in [-0.2, 0) is 0 Å². The predicted octanol–water partition coefficient (Wildman–Crippen LogP) is 2.43. The molecule has 21 heavy (non-hydrogen) atoms. The topological polar surface area (TPSA) is 31.4 Å². The highest BCUT2D eigenvalue weighted by Gasteiger charge is 2.35. The van der Waals surface area contributed by atoms with Gasteiger partial charge in [0.15, 0.2) is 0 Å². The lowest BCUT2D eigenvalue weighted by Crippen LogP contribution is -2.37. The van der Waals surface area contributed by atoms with Gasteiger partial charge in [-0.1, -0.05) is 13.0 Å². The van der Waals surface area contributed by atoms with Crippen molar-refractivity contribution in [2.75, 3.05) is 31.6 Å². The molecular weight excluding hydrogens is 260 g/mol. The van der Waals surface area contributed by atoms with Gasteiger partial charge >= 0.3 is 0 Å². The van der Waals surface area contributed by atoms with Crippen molar-refractivity contribution in [3.63, 3.8) is 0 Å². The normalized spacial score (nSPS) is 27.7. The van der Waals surface area contributed by atoms with Gasteiger partial charge in [0.2, 0.25) is 0 Å². The van der Waals surface area contributed by atoms with Crippen molar-refractivity contribution in [1.29, 1.82) is 0 Å². The van der Waals surface area contributed by atoms with Gasteiger partial charge in [-0.15, -0.1) is 0 Å². The maximum Gasteiger partial charge on any atom is 0.133 e. The molecule has 0 radical (unpaired) electrons. The molecule has 4 heteroatoms. The average Bonchev–Trinajstić information content (AvgIpc) is 2.73. The molecule has 2 saturated heterocycles. The van der Waals surface area contributed by atoms with Gasteiger partial charge in [-0.2, -0.15) is 0 Å². The van der Waals surface area contributed by atoms with E-state index in [0.29, 0.717) is 12.1 Å². The first-order valence-electron chi connectivity index (χ1n) is 8.36. The van der Waals surface area contributed by atoms with Crippen LogP contribution in [0.5, 0.6) is 0 Å². The monoisotopic (exact) mass is 288 g/mol. The first-order chi connectivity index (χ1) is 10.2. The quantitative estimate of drug-likeness (QED) is 0.922. The Labute approximate surface area is 128 Å². The second-order valence-electron chi connectivity index (χ2n) is 6.48. The van der Waals surface area contributed by atoms with E-state index in [4.69, 9.17) is 4.98 Å². The van der Waals surface area contributed by atoms with Crippen LogP contribution in [0.4, 0.5) is 5.82 Å². The lowest BCUT2D eigenvalue weighted by molar-refractivity contribution is 0.254. The molecule has 0 spiro atoms. The number of hydrogen-bond acceptors (Lipinski definition) is 4. The smallest absolute Gasteiger partial charge is 0.133 e. The molecule has 3 rings (SSSR count). The van der Waals surface area contributed by atoms with Gasteiger partial charge in [0, 0.05) is 43.0 Å². The van der Waals surface area contributed by atoms with Gasteiger partial charge in [-0.3, -0.25) is 4.90 Å². The summed E-state index contributed by atoms with van der Waals surface area (Å²) in [5, 5.41) is 3.52. The number of rotatable bonds is 4. The molecule has 0 aromatic carbocycles. The van der Waals surface area contributed by atoms with Gasteiger partial charge in [-0.25, -0.2) is 4.98 Å². The summed E-state index contributed by atoms with van der Waals surface area (Å²) in [4.78, 5) is 9.83. The Bertz CT molecular complexity index is 476. The number of likely N-dealkylation sites (N-methyl/N-ethyl adjacent to an activating group) is 1. The van der Waals surface area contributed by atoms with E-state index < -0.39 is 0 Å². The molecule has 2 bridgehead atoms. The van der Waals surface area contributed by atoms with Gasteiger partial charge < -0.3 is 10.2 Å². The molecule has 2 aliphatic rings. The van der Waals surface area contributed by atoms with Crippen LogP contribution in [-0.4, -0.2) is 48.6 Å². The first-order valence-corrected chi connectivity index (χ1v) is 8.36. The van der Waals surface area contributed by atoms with Gasteiger partial charge in [-0.05, 0) is 45.8 Å². The zero-order chi connectivity index (χ0) is 14.8. The summed E-state index contributed by atoms with van der Waals surface area (Å²) >= 11 is 0. The standard InChI is InChI=1S/C17H28N4/c1-4-18-13(2)16-6-5-10-19-17(16)21-11-9-14-7-8-15(12-21)20(14)3/h5-6,10,13-15,18H,4,7-9,11-12H2,1-3H3. The molecule has 3 unspecified atom stereocenters. The van der Waals surface area contributed by atoms with Crippen LogP contribution < -0.4 is 10.2 Å². The van der Waals surface area contributed by atoms with Crippen LogP contribution in [0.3, 0.4) is 0 Å². The summed E-state index contributed by atoms with van der Waals surface area (Å²) in [6.07, 6.45) is 5.91. The summed E-state index contributed by atoms with van der Waals surface area (Å²) in [6, 6.07) is 6.11. The number of nitrogens with zero attached hydrogens (tertiary/aromatic N) is 3.